The SMILES string of the molecule is O=Cc1c(Cl)[nH]c2nccc(N[C@@H]3CC[C@@H](O)CC3c3ccc(Oc4ccccc4)cc3)c12. The number of aliphatic hydroxyl groups excluding tert-OH is 1. The number of rotatable bonds is 6. The molecule has 1 unspecified atom stereocenters. The third kappa shape index (κ3) is 4.45. The van der Waals surface area contributed by atoms with Crippen LogP contribution in [0.1, 0.15) is 41.1 Å². The lowest BCUT2D eigenvalue weighted by Crippen LogP contribution is -2.35. The molecule has 0 bridgehead atoms. The molecule has 2 aromatic heterocycles. The second-order valence-corrected chi connectivity index (χ2v) is 8.74. The maximum Gasteiger partial charge on any atom is 0.153 e. The van der Waals surface area contributed by atoms with Crippen molar-refractivity contribution in [2.24, 2.45) is 0 Å². The largest absolute Gasteiger partial charge is 0.457 e. The van der Waals surface area contributed by atoms with Crippen LogP contribution >= 0.6 is 11.6 Å². The number of para-hydroxylation sites is 1. The van der Waals surface area contributed by atoms with Gasteiger partial charge in [-0.2, -0.15) is 0 Å². The average molecular weight is 462 g/mol. The fraction of sp³-hybridized carbons (Fsp3) is 0.231. The van der Waals surface area contributed by atoms with Crippen molar-refractivity contribution in [1.29, 1.82) is 0 Å². The molecular formula is C26H24ClN3O3. The smallest absolute Gasteiger partial charge is 0.153 e. The van der Waals surface area contributed by atoms with E-state index in [4.69, 9.17) is 16.3 Å². The average Bonchev–Trinajstić information content (AvgIpc) is 3.17. The van der Waals surface area contributed by atoms with E-state index in [9.17, 15) is 9.90 Å². The highest BCUT2D eigenvalue weighted by molar-refractivity contribution is 6.34. The van der Waals surface area contributed by atoms with Crippen molar-refractivity contribution in [1.82, 2.24) is 9.97 Å². The van der Waals surface area contributed by atoms with E-state index in [2.05, 4.69) is 27.4 Å². The Hall–Kier alpha value is -3.35. The first-order chi connectivity index (χ1) is 16.1. The topological polar surface area (TPSA) is 87.2 Å². The van der Waals surface area contributed by atoms with Crippen molar-refractivity contribution in [3.8, 4) is 11.5 Å². The van der Waals surface area contributed by atoms with E-state index in [0.29, 0.717) is 29.4 Å². The summed E-state index contributed by atoms with van der Waals surface area (Å²) in [5.41, 5.74) is 2.90. The number of pyridine rings is 1. The minimum atomic E-state index is -0.349. The van der Waals surface area contributed by atoms with Crippen molar-refractivity contribution in [2.75, 3.05) is 5.32 Å². The Morgan fingerprint density at radius 3 is 2.58 bits per heavy atom. The van der Waals surface area contributed by atoms with Gasteiger partial charge in [-0.25, -0.2) is 4.98 Å². The number of aromatic nitrogens is 2. The first-order valence-electron chi connectivity index (χ1n) is 11.0. The zero-order valence-corrected chi connectivity index (χ0v) is 18.6. The number of nitrogens with zero attached hydrogens (tertiary/aromatic N) is 1. The Bertz CT molecular complexity index is 1260. The molecule has 6 nitrogen and oxygen atoms in total. The highest BCUT2D eigenvalue weighted by atomic mass is 35.5. The Kier molecular flexibility index (Phi) is 6.03. The van der Waals surface area contributed by atoms with E-state index in [1.807, 2.05) is 48.5 Å². The van der Waals surface area contributed by atoms with Crippen LogP contribution in [0, 0.1) is 0 Å². The molecule has 1 saturated carbocycles. The minimum Gasteiger partial charge on any atom is -0.457 e. The van der Waals surface area contributed by atoms with Gasteiger partial charge in [-0.15, -0.1) is 0 Å². The number of carbonyl (C=O) groups is 1. The summed E-state index contributed by atoms with van der Waals surface area (Å²) >= 11 is 6.20. The second-order valence-electron chi connectivity index (χ2n) is 8.36. The Labute approximate surface area is 196 Å². The number of carbonyl (C=O) groups excluding carboxylic acids is 1. The molecule has 7 heteroatoms. The van der Waals surface area contributed by atoms with Crippen LogP contribution in [0.5, 0.6) is 11.5 Å². The van der Waals surface area contributed by atoms with Gasteiger partial charge in [-0.3, -0.25) is 4.79 Å². The van der Waals surface area contributed by atoms with E-state index in [1.54, 1.807) is 6.20 Å². The third-order valence-electron chi connectivity index (χ3n) is 6.25. The standard InChI is InChI=1S/C26H24ClN3O3/c27-25-21(15-31)24-23(12-13-28-26(24)30-25)29-22-11-8-17(32)14-20(22)16-6-9-19(10-7-16)33-18-4-2-1-3-5-18/h1-7,9-10,12-13,15,17,20,22,32H,8,11,14H2,(H2,28,29,30)/t17-,20?,22-/m1/s1. The number of H-pyrrole nitrogens is 1. The van der Waals surface area contributed by atoms with E-state index in [1.165, 1.54) is 0 Å². The Balaban J connectivity index is 1.41. The number of hydrogen-bond acceptors (Lipinski definition) is 5. The molecule has 3 atom stereocenters. The predicted octanol–water partition coefficient (Wildman–Crippen LogP) is 5.93. The van der Waals surface area contributed by atoms with Gasteiger partial charge in [-0.05, 0) is 55.2 Å². The third-order valence-corrected chi connectivity index (χ3v) is 6.55. The lowest BCUT2D eigenvalue weighted by atomic mass is 9.78. The lowest BCUT2D eigenvalue weighted by Gasteiger charge is -2.36. The molecule has 168 valence electrons. The van der Waals surface area contributed by atoms with E-state index in [0.717, 1.165) is 35.5 Å². The molecule has 0 radical (unpaired) electrons. The zero-order chi connectivity index (χ0) is 22.8. The number of hydrogen-bond donors (Lipinski definition) is 3. The molecular weight excluding hydrogens is 438 g/mol. The van der Waals surface area contributed by atoms with Crippen LogP contribution in [0.2, 0.25) is 5.15 Å². The number of aldehydes is 1. The summed E-state index contributed by atoms with van der Waals surface area (Å²) in [4.78, 5) is 18.9. The number of nitrogens with one attached hydrogen (secondary N) is 2. The number of fused-ring (bicyclic) bond motifs is 1. The quantitative estimate of drug-likeness (QED) is 0.310. The van der Waals surface area contributed by atoms with Gasteiger partial charge < -0.3 is 20.1 Å². The highest BCUT2D eigenvalue weighted by Gasteiger charge is 2.31. The maximum atomic E-state index is 11.6. The molecule has 4 aromatic rings. The summed E-state index contributed by atoms with van der Waals surface area (Å²) in [5.74, 6) is 1.65. The molecule has 5 rings (SSSR count). The molecule has 0 amide bonds. The minimum absolute atomic E-state index is 0.0769. The maximum absolute atomic E-state index is 11.6. The molecule has 3 N–H and O–H groups in total. The Morgan fingerprint density at radius 1 is 1.06 bits per heavy atom. The molecule has 1 fully saturated rings. The number of ether oxygens (including phenoxy) is 1. The van der Waals surface area contributed by atoms with Crippen LogP contribution in [0.25, 0.3) is 11.0 Å². The zero-order valence-electron chi connectivity index (χ0n) is 17.9. The van der Waals surface area contributed by atoms with Crippen LogP contribution in [-0.4, -0.2) is 33.5 Å². The lowest BCUT2D eigenvalue weighted by molar-refractivity contribution is 0.112. The van der Waals surface area contributed by atoms with Crippen molar-refractivity contribution >= 4 is 34.6 Å². The van der Waals surface area contributed by atoms with Crippen LogP contribution in [0.4, 0.5) is 5.69 Å². The summed E-state index contributed by atoms with van der Waals surface area (Å²) < 4.78 is 5.92. The van der Waals surface area contributed by atoms with Gasteiger partial charge in [0.2, 0.25) is 0 Å². The highest BCUT2D eigenvalue weighted by Crippen LogP contribution is 2.38. The summed E-state index contributed by atoms with van der Waals surface area (Å²) in [6.07, 6.45) is 4.26. The fourth-order valence-electron chi connectivity index (χ4n) is 4.64. The molecule has 2 aromatic carbocycles. The van der Waals surface area contributed by atoms with Gasteiger partial charge >= 0.3 is 0 Å². The van der Waals surface area contributed by atoms with Crippen molar-refractivity contribution in [3.63, 3.8) is 0 Å². The summed E-state index contributed by atoms with van der Waals surface area (Å²) in [6, 6.07) is 19.6. The summed E-state index contributed by atoms with van der Waals surface area (Å²) in [6.45, 7) is 0. The van der Waals surface area contributed by atoms with Crippen LogP contribution in [0.15, 0.2) is 66.9 Å². The van der Waals surface area contributed by atoms with Gasteiger partial charge in [-0.1, -0.05) is 41.9 Å². The van der Waals surface area contributed by atoms with Gasteiger partial charge in [0, 0.05) is 23.8 Å². The Morgan fingerprint density at radius 2 is 1.82 bits per heavy atom. The van der Waals surface area contributed by atoms with E-state index in [-0.39, 0.29) is 23.2 Å². The van der Waals surface area contributed by atoms with Crippen LogP contribution in [0.3, 0.4) is 0 Å². The van der Waals surface area contributed by atoms with Gasteiger partial charge in [0.25, 0.3) is 0 Å². The molecule has 0 saturated heterocycles. The van der Waals surface area contributed by atoms with Gasteiger partial charge in [0.15, 0.2) is 6.29 Å². The first kappa shape index (κ1) is 21.5. The van der Waals surface area contributed by atoms with Gasteiger partial charge in [0.1, 0.15) is 22.3 Å². The van der Waals surface area contributed by atoms with Crippen molar-refractivity contribution in [3.05, 3.63) is 83.1 Å². The molecule has 2 heterocycles. The molecule has 0 spiro atoms. The summed E-state index contributed by atoms with van der Waals surface area (Å²) in [5, 5.41) is 15.0. The van der Waals surface area contributed by atoms with Gasteiger partial charge in [0.05, 0.1) is 17.1 Å². The number of aromatic amines is 1. The number of halogens is 1. The molecule has 33 heavy (non-hydrogen) atoms. The van der Waals surface area contributed by atoms with Crippen molar-refractivity contribution < 1.29 is 14.6 Å². The fourth-order valence-corrected chi connectivity index (χ4v) is 4.87. The van der Waals surface area contributed by atoms with E-state index >= 15 is 0 Å². The predicted molar refractivity (Wildman–Crippen MR) is 129 cm³/mol. The first-order valence-corrected chi connectivity index (χ1v) is 11.4. The number of aliphatic hydroxyl groups is 1. The van der Waals surface area contributed by atoms with E-state index < -0.39 is 0 Å². The summed E-state index contributed by atoms with van der Waals surface area (Å²) in [7, 11) is 0. The second kappa shape index (κ2) is 9.25. The normalized spacial score (nSPS) is 20.5. The van der Waals surface area contributed by atoms with Crippen LogP contribution in [-0.2, 0) is 0 Å². The van der Waals surface area contributed by atoms with Crippen molar-refractivity contribution in [2.45, 2.75) is 37.3 Å². The number of anilines is 1. The molecule has 1 aliphatic carbocycles. The molecule has 1 aliphatic rings. The monoisotopic (exact) mass is 461 g/mol. The molecule has 0 aliphatic heterocycles. The number of benzene rings is 2. The van der Waals surface area contributed by atoms with Crippen LogP contribution < -0.4 is 10.1 Å².